The van der Waals surface area contributed by atoms with Crippen LogP contribution in [0.15, 0.2) is 35.1 Å². The highest BCUT2D eigenvalue weighted by Gasteiger charge is 2.27. The zero-order valence-corrected chi connectivity index (χ0v) is 14.9. The Kier molecular flexibility index (Phi) is 4.48. The standard InChI is InChI=1S/C15H20N6O3S/c1-20-15(16)14(8-17-20)18-12-4-3-10(21-6-5-11(22)9-21)7-13(12)19-25(2,23)24/h3-4,7-8,11,22H,5-6,9H2,1-2H3,(H2,16,17,19)/p+1. The molecular weight excluding hydrogens is 344 g/mol. The summed E-state index contributed by atoms with van der Waals surface area (Å²) in [5.74, 6) is 0.386. The van der Waals surface area contributed by atoms with E-state index in [4.69, 9.17) is 5.73 Å². The average molecular weight is 365 g/mol. The summed E-state index contributed by atoms with van der Waals surface area (Å²) in [6.07, 6.45) is 8.20. The molecule has 1 aliphatic heterocycles. The van der Waals surface area contributed by atoms with Gasteiger partial charge in [0.2, 0.25) is 15.7 Å². The van der Waals surface area contributed by atoms with Gasteiger partial charge in [-0.25, -0.2) is 18.0 Å². The monoisotopic (exact) mass is 365 g/mol. The fourth-order valence-electron chi connectivity index (χ4n) is 2.73. The van der Waals surface area contributed by atoms with Gasteiger partial charge in [0.1, 0.15) is 24.2 Å². The second kappa shape index (κ2) is 6.45. The third-order valence-corrected chi connectivity index (χ3v) is 4.60. The summed E-state index contributed by atoms with van der Waals surface area (Å²) in [6, 6.07) is 0. The van der Waals surface area contributed by atoms with Gasteiger partial charge in [-0.2, -0.15) is 5.10 Å². The van der Waals surface area contributed by atoms with Crippen molar-refractivity contribution >= 4 is 33.0 Å². The quantitative estimate of drug-likeness (QED) is 0.482. The predicted molar refractivity (Wildman–Crippen MR) is 95.5 cm³/mol. The minimum absolute atomic E-state index is 0.352. The van der Waals surface area contributed by atoms with Gasteiger partial charge in [-0.1, -0.05) is 0 Å². The first kappa shape index (κ1) is 17.4. The molecule has 10 heteroatoms. The molecule has 0 spiro atoms. The van der Waals surface area contributed by atoms with Crippen molar-refractivity contribution in [1.29, 1.82) is 0 Å². The maximum absolute atomic E-state index is 11.7. The Morgan fingerprint density at radius 1 is 1.48 bits per heavy atom. The average Bonchev–Trinajstić information content (AvgIpc) is 3.08. The summed E-state index contributed by atoms with van der Waals surface area (Å²) in [5, 5.41) is 13.7. The number of hydrogen-bond acceptors (Lipinski definition) is 6. The van der Waals surface area contributed by atoms with Crippen molar-refractivity contribution in [2.24, 2.45) is 12.0 Å². The number of aryl methyl sites for hydroxylation is 1. The molecule has 0 amide bonds. The third-order valence-electron chi connectivity index (χ3n) is 4.01. The molecule has 0 radical (unpaired) electrons. The van der Waals surface area contributed by atoms with E-state index in [2.05, 4.69) is 14.8 Å². The SMILES string of the molecule is Cn1ncc(/N=C2C=C/C(=[N+]3/CCC(O)C3)C=C/2NS(C)(=O)=O)c1N. The first-order valence-corrected chi connectivity index (χ1v) is 9.66. The molecule has 0 saturated carbocycles. The van der Waals surface area contributed by atoms with E-state index in [0.29, 0.717) is 42.4 Å². The van der Waals surface area contributed by atoms with Crippen LogP contribution in [0.1, 0.15) is 6.42 Å². The molecule has 1 aliphatic carbocycles. The lowest BCUT2D eigenvalue weighted by Crippen LogP contribution is -2.30. The van der Waals surface area contributed by atoms with Crippen LogP contribution >= 0.6 is 0 Å². The summed E-state index contributed by atoms with van der Waals surface area (Å²) >= 11 is 0. The molecule has 1 unspecified atom stereocenters. The molecule has 1 aromatic rings. The topological polar surface area (TPSA) is 126 Å². The molecule has 4 N–H and O–H groups in total. The van der Waals surface area contributed by atoms with Crippen LogP contribution in [-0.2, 0) is 17.1 Å². The highest BCUT2D eigenvalue weighted by molar-refractivity contribution is 7.88. The summed E-state index contributed by atoms with van der Waals surface area (Å²) in [7, 11) is -1.78. The van der Waals surface area contributed by atoms with Crippen molar-refractivity contribution in [1.82, 2.24) is 14.5 Å². The van der Waals surface area contributed by atoms with Crippen LogP contribution in [0.25, 0.3) is 0 Å². The van der Waals surface area contributed by atoms with Crippen molar-refractivity contribution in [2.45, 2.75) is 12.5 Å². The van der Waals surface area contributed by atoms with E-state index in [0.717, 1.165) is 12.0 Å². The van der Waals surface area contributed by atoms with Gasteiger partial charge in [-0.15, -0.1) is 0 Å². The molecule has 1 aromatic heterocycles. The minimum Gasteiger partial charge on any atom is -0.386 e. The smallest absolute Gasteiger partial charge is 0.229 e. The Bertz CT molecular complexity index is 923. The number of nitrogen functional groups attached to an aromatic ring is 1. The van der Waals surface area contributed by atoms with Gasteiger partial charge < -0.3 is 10.8 Å². The molecular formula is C15H21N6O3S+. The highest BCUT2D eigenvalue weighted by atomic mass is 32.2. The number of anilines is 1. The molecule has 0 bridgehead atoms. The lowest BCUT2D eigenvalue weighted by Gasteiger charge is -2.13. The Balaban J connectivity index is 2.02. The van der Waals surface area contributed by atoms with Gasteiger partial charge in [0.25, 0.3) is 0 Å². The first-order chi connectivity index (χ1) is 11.7. The van der Waals surface area contributed by atoms with E-state index in [1.807, 2.05) is 10.7 Å². The number of aromatic nitrogens is 2. The number of nitrogens with two attached hydrogens (primary N) is 1. The van der Waals surface area contributed by atoms with Gasteiger partial charge in [0.15, 0.2) is 6.54 Å². The van der Waals surface area contributed by atoms with E-state index in [1.54, 1.807) is 19.2 Å². The van der Waals surface area contributed by atoms with E-state index < -0.39 is 10.0 Å². The number of rotatable bonds is 3. The number of aliphatic imine (C=N–C) groups is 1. The van der Waals surface area contributed by atoms with Crippen molar-refractivity contribution in [3.05, 3.63) is 30.1 Å². The molecule has 1 atom stereocenters. The van der Waals surface area contributed by atoms with E-state index in [-0.39, 0.29) is 6.10 Å². The van der Waals surface area contributed by atoms with Gasteiger partial charge in [0.05, 0.1) is 23.9 Å². The van der Waals surface area contributed by atoms with Crippen molar-refractivity contribution < 1.29 is 18.1 Å². The van der Waals surface area contributed by atoms with Gasteiger partial charge in [-0.3, -0.25) is 9.40 Å². The van der Waals surface area contributed by atoms with Crippen molar-refractivity contribution in [3.63, 3.8) is 0 Å². The lowest BCUT2D eigenvalue weighted by molar-refractivity contribution is -0.508. The number of sulfonamides is 1. The number of β-amino-alcohol motifs (C(OH)–C–C–N with tert-alkyl or cyclic N) is 1. The Labute approximate surface area is 145 Å². The zero-order valence-electron chi connectivity index (χ0n) is 14.0. The molecule has 2 heterocycles. The van der Waals surface area contributed by atoms with Crippen LogP contribution in [0.5, 0.6) is 0 Å². The van der Waals surface area contributed by atoms with Gasteiger partial charge in [-0.05, 0) is 6.08 Å². The van der Waals surface area contributed by atoms with Crippen LogP contribution in [0.2, 0.25) is 0 Å². The minimum atomic E-state index is -3.48. The number of nitrogens with zero attached hydrogens (tertiary/aromatic N) is 4. The molecule has 134 valence electrons. The van der Waals surface area contributed by atoms with E-state index >= 15 is 0 Å². The van der Waals surface area contributed by atoms with Crippen molar-refractivity contribution in [2.75, 3.05) is 25.1 Å². The normalized spacial score (nSPS) is 25.5. The summed E-state index contributed by atoms with van der Waals surface area (Å²) < 4.78 is 29.4. The molecule has 25 heavy (non-hydrogen) atoms. The summed E-state index contributed by atoms with van der Waals surface area (Å²) in [5.41, 5.74) is 7.98. The van der Waals surface area contributed by atoms with Crippen LogP contribution < -0.4 is 10.5 Å². The largest absolute Gasteiger partial charge is 0.386 e. The Morgan fingerprint density at radius 3 is 2.80 bits per heavy atom. The fourth-order valence-corrected chi connectivity index (χ4v) is 3.29. The van der Waals surface area contributed by atoms with Gasteiger partial charge >= 0.3 is 0 Å². The zero-order chi connectivity index (χ0) is 18.2. The molecule has 1 fully saturated rings. The van der Waals surface area contributed by atoms with Crippen LogP contribution in [0.3, 0.4) is 0 Å². The Hall–Kier alpha value is -2.46. The second-order valence-corrected chi connectivity index (χ2v) is 7.86. The second-order valence-electron chi connectivity index (χ2n) is 6.11. The predicted octanol–water partition coefficient (Wildman–Crippen LogP) is -0.704. The number of aliphatic hydroxyl groups excluding tert-OH is 1. The van der Waals surface area contributed by atoms with E-state index in [1.165, 1.54) is 10.9 Å². The number of hydrogen-bond donors (Lipinski definition) is 3. The molecule has 9 nitrogen and oxygen atoms in total. The highest BCUT2D eigenvalue weighted by Crippen LogP contribution is 2.22. The third kappa shape index (κ3) is 3.97. The molecule has 2 aliphatic rings. The molecule has 3 rings (SSSR count). The van der Waals surface area contributed by atoms with Crippen LogP contribution in [-0.4, -0.2) is 64.8 Å². The van der Waals surface area contributed by atoms with E-state index in [9.17, 15) is 13.5 Å². The molecule has 1 saturated heterocycles. The number of allylic oxidation sites excluding steroid dienone is 3. The molecule has 0 aromatic carbocycles. The van der Waals surface area contributed by atoms with Crippen LogP contribution in [0, 0.1) is 0 Å². The maximum Gasteiger partial charge on any atom is 0.229 e. The first-order valence-electron chi connectivity index (χ1n) is 7.77. The Morgan fingerprint density at radius 2 is 2.24 bits per heavy atom. The fraction of sp³-hybridized carbons (Fsp3) is 0.400. The maximum atomic E-state index is 11.7. The van der Waals surface area contributed by atoms with Crippen LogP contribution in [0.4, 0.5) is 11.5 Å². The van der Waals surface area contributed by atoms with Gasteiger partial charge in [0, 0.05) is 25.6 Å². The number of nitrogens with one attached hydrogen (secondary N) is 1. The summed E-state index contributed by atoms with van der Waals surface area (Å²) in [6.45, 7) is 1.23. The lowest BCUT2D eigenvalue weighted by atomic mass is 10.1. The summed E-state index contributed by atoms with van der Waals surface area (Å²) in [4.78, 5) is 4.43. The van der Waals surface area contributed by atoms with Crippen molar-refractivity contribution in [3.8, 4) is 0 Å². The number of aliphatic hydroxyl groups is 1.